The maximum Gasteiger partial charge on any atom is 0.255 e. The second-order valence-corrected chi connectivity index (χ2v) is 9.59. The van der Waals surface area contributed by atoms with Gasteiger partial charge in [-0.25, -0.2) is 4.98 Å². The number of carbonyl (C=O) groups excluding carboxylic acids is 1. The van der Waals surface area contributed by atoms with E-state index in [1.165, 1.54) is 5.69 Å². The topological polar surface area (TPSA) is 76.0 Å². The highest BCUT2D eigenvalue weighted by Crippen LogP contribution is 2.40. The van der Waals surface area contributed by atoms with E-state index in [0.717, 1.165) is 68.8 Å². The molecule has 0 spiro atoms. The van der Waals surface area contributed by atoms with E-state index in [9.17, 15) is 4.79 Å². The zero-order valence-electron chi connectivity index (χ0n) is 22.0. The molecule has 0 aliphatic carbocycles. The molecule has 0 radical (unpaired) electrons. The fraction of sp³-hybridized carbons (Fsp3) is 0.464. The summed E-state index contributed by atoms with van der Waals surface area (Å²) in [5.74, 6) is 1.43. The largest absolute Gasteiger partial charge is 0.493 e. The van der Waals surface area contributed by atoms with Crippen LogP contribution in [0.15, 0.2) is 49.1 Å². The van der Waals surface area contributed by atoms with Crippen molar-refractivity contribution >= 4 is 11.6 Å². The van der Waals surface area contributed by atoms with Crippen molar-refractivity contribution in [3.63, 3.8) is 0 Å². The Hall–Kier alpha value is -3.59. The van der Waals surface area contributed by atoms with Gasteiger partial charge < -0.3 is 24.2 Å². The van der Waals surface area contributed by atoms with Crippen molar-refractivity contribution in [2.45, 2.75) is 38.9 Å². The molecule has 3 aromatic rings. The van der Waals surface area contributed by atoms with Crippen LogP contribution in [0.1, 0.15) is 47.3 Å². The van der Waals surface area contributed by atoms with Gasteiger partial charge in [0.05, 0.1) is 20.3 Å². The van der Waals surface area contributed by atoms with Crippen molar-refractivity contribution in [2.24, 2.45) is 0 Å². The molecule has 0 saturated carbocycles. The zero-order chi connectivity index (χ0) is 25.8. The summed E-state index contributed by atoms with van der Waals surface area (Å²) in [5.41, 5.74) is 4.18. The number of benzene rings is 2. The molecule has 2 aliphatic heterocycles. The first kappa shape index (κ1) is 25.1. The zero-order valence-corrected chi connectivity index (χ0v) is 22.0. The lowest BCUT2D eigenvalue weighted by Gasteiger charge is -2.36. The van der Waals surface area contributed by atoms with Gasteiger partial charge >= 0.3 is 0 Å². The van der Waals surface area contributed by atoms with Gasteiger partial charge in [-0.15, -0.1) is 0 Å². The Morgan fingerprint density at radius 2 is 1.84 bits per heavy atom. The molecular formula is C28H36N6O3. The lowest BCUT2D eigenvalue weighted by molar-refractivity contribution is 0.0687. The highest BCUT2D eigenvalue weighted by Gasteiger charge is 2.36. The summed E-state index contributed by atoms with van der Waals surface area (Å²) in [6.07, 6.45) is 4.93. The molecule has 3 heterocycles. The van der Waals surface area contributed by atoms with E-state index >= 15 is 0 Å². The maximum absolute atomic E-state index is 13.8. The minimum Gasteiger partial charge on any atom is -0.493 e. The fourth-order valence-electron chi connectivity index (χ4n) is 5.55. The number of aromatic nitrogens is 3. The third-order valence-corrected chi connectivity index (χ3v) is 7.63. The normalized spacial score (nSPS) is 16.7. The van der Waals surface area contributed by atoms with Crippen molar-refractivity contribution in [2.75, 3.05) is 51.8 Å². The Balaban J connectivity index is 1.42. The van der Waals surface area contributed by atoms with Crippen LogP contribution in [0.2, 0.25) is 0 Å². The van der Waals surface area contributed by atoms with Gasteiger partial charge in [0, 0.05) is 56.1 Å². The number of fused-ring (bicyclic) bond motifs is 1. The number of aryl methyl sites for hydroxylation is 1. The molecule has 1 atom stereocenters. The van der Waals surface area contributed by atoms with Crippen LogP contribution in [0.4, 0.5) is 5.69 Å². The number of ether oxygens (including phenoxy) is 2. The minimum atomic E-state index is -0.104. The molecule has 2 aromatic carbocycles. The Labute approximate surface area is 218 Å². The van der Waals surface area contributed by atoms with E-state index in [2.05, 4.69) is 32.9 Å². The van der Waals surface area contributed by atoms with Gasteiger partial charge in [0.1, 0.15) is 12.7 Å². The number of hydrogen-bond acceptors (Lipinski definition) is 7. The highest BCUT2D eigenvalue weighted by atomic mass is 16.5. The van der Waals surface area contributed by atoms with Gasteiger partial charge in [0.2, 0.25) is 0 Å². The van der Waals surface area contributed by atoms with Crippen LogP contribution in [0.3, 0.4) is 0 Å². The minimum absolute atomic E-state index is 0.0876. The summed E-state index contributed by atoms with van der Waals surface area (Å²) < 4.78 is 12.9. The lowest BCUT2D eigenvalue weighted by atomic mass is 9.99. The van der Waals surface area contributed by atoms with Gasteiger partial charge in [-0.2, -0.15) is 5.10 Å². The third-order valence-electron chi connectivity index (χ3n) is 7.63. The number of carbonyl (C=O) groups is 1. The SMILES string of the molecule is CCN1CCN(c2cccc3c2CN(C(CCCn2cncn2)c2ccc(OC)c(OC)c2)C3=O)CC1. The second-order valence-electron chi connectivity index (χ2n) is 9.59. The molecule has 2 aliphatic rings. The van der Waals surface area contributed by atoms with Crippen molar-refractivity contribution in [1.29, 1.82) is 0 Å². The molecule has 1 saturated heterocycles. The van der Waals surface area contributed by atoms with Gasteiger partial charge in [0.25, 0.3) is 5.91 Å². The number of anilines is 1. The fourth-order valence-corrected chi connectivity index (χ4v) is 5.55. The van der Waals surface area contributed by atoms with Crippen LogP contribution in [-0.2, 0) is 13.1 Å². The number of nitrogens with zero attached hydrogens (tertiary/aromatic N) is 6. The summed E-state index contributed by atoms with van der Waals surface area (Å²) in [5, 5.41) is 4.24. The van der Waals surface area contributed by atoms with E-state index in [-0.39, 0.29) is 11.9 Å². The van der Waals surface area contributed by atoms with Crippen LogP contribution in [-0.4, -0.2) is 77.4 Å². The lowest BCUT2D eigenvalue weighted by Crippen LogP contribution is -2.46. The average Bonchev–Trinajstić information content (AvgIpc) is 3.58. The monoisotopic (exact) mass is 504 g/mol. The van der Waals surface area contributed by atoms with E-state index in [0.29, 0.717) is 18.0 Å². The number of amides is 1. The van der Waals surface area contributed by atoms with E-state index in [1.54, 1.807) is 26.9 Å². The summed E-state index contributed by atoms with van der Waals surface area (Å²) in [6, 6.07) is 12.0. The number of methoxy groups -OCH3 is 2. The summed E-state index contributed by atoms with van der Waals surface area (Å²) >= 11 is 0. The molecule has 1 fully saturated rings. The molecule has 1 aromatic heterocycles. The molecule has 9 heteroatoms. The summed E-state index contributed by atoms with van der Waals surface area (Å²) in [6.45, 7) is 8.69. The third kappa shape index (κ3) is 5.13. The molecule has 0 bridgehead atoms. The highest BCUT2D eigenvalue weighted by molar-refractivity contribution is 6.00. The van der Waals surface area contributed by atoms with Crippen molar-refractivity contribution in [3.8, 4) is 11.5 Å². The number of piperazine rings is 1. The Morgan fingerprint density at radius 1 is 1.03 bits per heavy atom. The molecule has 9 nitrogen and oxygen atoms in total. The maximum atomic E-state index is 13.8. The summed E-state index contributed by atoms with van der Waals surface area (Å²) in [4.78, 5) is 24.8. The number of likely N-dealkylation sites (N-methyl/N-ethyl adjacent to an activating group) is 1. The van der Waals surface area contributed by atoms with Crippen LogP contribution in [0.25, 0.3) is 0 Å². The Kier molecular flexibility index (Phi) is 7.60. The predicted octanol–water partition coefficient (Wildman–Crippen LogP) is 3.61. The smallest absolute Gasteiger partial charge is 0.255 e. The quantitative estimate of drug-likeness (QED) is 0.417. The molecule has 5 rings (SSSR count). The van der Waals surface area contributed by atoms with Crippen LogP contribution >= 0.6 is 0 Å². The average molecular weight is 505 g/mol. The van der Waals surface area contributed by atoms with Crippen LogP contribution < -0.4 is 14.4 Å². The standard InChI is InChI=1S/C28H36N6O3/c1-4-31-13-15-32(16-14-31)25-8-5-7-22-23(25)18-34(28(22)35)24(9-6-12-33-20-29-19-30-33)21-10-11-26(36-2)27(17-21)37-3/h5,7-8,10-11,17,19-20,24H,4,6,9,12-16,18H2,1-3H3. The van der Waals surface area contributed by atoms with Crippen LogP contribution in [0.5, 0.6) is 11.5 Å². The van der Waals surface area contributed by atoms with E-state index in [1.807, 2.05) is 39.9 Å². The van der Waals surface area contributed by atoms with Crippen molar-refractivity contribution in [3.05, 3.63) is 65.7 Å². The Morgan fingerprint density at radius 3 is 2.54 bits per heavy atom. The van der Waals surface area contributed by atoms with E-state index in [4.69, 9.17) is 9.47 Å². The molecule has 1 amide bonds. The first-order valence-corrected chi connectivity index (χ1v) is 13.1. The number of hydrogen-bond donors (Lipinski definition) is 0. The van der Waals surface area contributed by atoms with Gasteiger partial charge in [-0.1, -0.05) is 19.1 Å². The van der Waals surface area contributed by atoms with Crippen molar-refractivity contribution in [1.82, 2.24) is 24.6 Å². The molecule has 196 valence electrons. The summed E-state index contributed by atoms with van der Waals surface area (Å²) in [7, 11) is 3.28. The van der Waals surface area contributed by atoms with Crippen LogP contribution in [0, 0.1) is 0 Å². The second kappa shape index (κ2) is 11.2. The predicted molar refractivity (Wildman–Crippen MR) is 142 cm³/mol. The first-order valence-electron chi connectivity index (χ1n) is 13.1. The molecule has 0 N–H and O–H groups in total. The van der Waals surface area contributed by atoms with Gasteiger partial charge in [-0.3, -0.25) is 9.48 Å². The molecular weight excluding hydrogens is 468 g/mol. The van der Waals surface area contributed by atoms with Gasteiger partial charge in [0.15, 0.2) is 11.5 Å². The number of rotatable bonds is 10. The van der Waals surface area contributed by atoms with Gasteiger partial charge in [-0.05, 0) is 49.2 Å². The van der Waals surface area contributed by atoms with Crippen molar-refractivity contribution < 1.29 is 14.3 Å². The molecule has 37 heavy (non-hydrogen) atoms. The van der Waals surface area contributed by atoms with E-state index < -0.39 is 0 Å². The first-order chi connectivity index (χ1) is 18.1. The Bertz CT molecular complexity index is 1210. The molecule has 1 unspecified atom stereocenters.